The lowest BCUT2D eigenvalue weighted by atomic mass is 10.1. The van der Waals surface area contributed by atoms with Crippen LogP contribution in [0.3, 0.4) is 0 Å². The molecule has 2 amide bonds. The molecule has 0 saturated carbocycles. The predicted molar refractivity (Wildman–Crippen MR) is 126 cm³/mol. The standard InChI is InChI=1S/C26H27N3O3/c1-2-15-27-25(31)22-18-29(17-21-12-7-4-8-13-21)19-23(24(22)30)26(32)28-16-9-14-20-10-5-3-6-11-20/h2-8,10-13,18-19H,1,9,14-17H2,(H,27,31)(H,28,32). The average molecular weight is 430 g/mol. The van der Waals surface area contributed by atoms with Crippen LogP contribution in [0.2, 0.25) is 0 Å². The summed E-state index contributed by atoms with van der Waals surface area (Å²) in [5.74, 6) is -1.02. The molecular weight excluding hydrogens is 402 g/mol. The van der Waals surface area contributed by atoms with Crippen LogP contribution in [-0.2, 0) is 13.0 Å². The van der Waals surface area contributed by atoms with Crippen LogP contribution in [0.5, 0.6) is 0 Å². The largest absolute Gasteiger partial charge is 0.352 e. The molecule has 0 aliphatic rings. The molecule has 2 aromatic carbocycles. The summed E-state index contributed by atoms with van der Waals surface area (Å²) in [6.45, 7) is 4.66. The van der Waals surface area contributed by atoms with Gasteiger partial charge in [0.15, 0.2) is 0 Å². The Hall–Kier alpha value is -3.93. The van der Waals surface area contributed by atoms with E-state index in [1.165, 1.54) is 24.0 Å². The van der Waals surface area contributed by atoms with Gasteiger partial charge in [-0.05, 0) is 24.0 Å². The zero-order valence-electron chi connectivity index (χ0n) is 17.9. The lowest BCUT2D eigenvalue weighted by Gasteiger charge is -2.13. The number of aromatic nitrogens is 1. The number of hydrogen-bond donors (Lipinski definition) is 2. The number of amides is 2. The predicted octanol–water partition coefficient (Wildman–Crippen LogP) is 3.18. The first-order valence-electron chi connectivity index (χ1n) is 10.6. The lowest BCUT2D eigenvalue weighted by Crippen LogP contribution is -2.36. The quantitative estimate of drug-likeness (QED) is 0.384. The fourth-order valence-electron chi connectivity index (χ4n) is 3.33. The molecule has 6 nitrogen and oxygen atoms in total. The van der Waals surface area contributed by atoms with Crippen molar-refractivity contribution in [1.82, 2.24) is 15.2 Å². The molecule has 6 heteroatoms. The van der Waals surface area contributed by atoms with Crippen molar-refractivity contribution in [3.05, 3.63) is 118 Å². The summed E-state index contributed by atoms with van der Waals surface area (Å²) in [6.07, 6.45) is 6.09. The maximum absolute atomic E-state index is 12.9. The number of carbonyl (C=O) groups is 2. The van der Waals surface area contributed by atoms with Crippen molar-refractivity contribution in [3.63, 3.8) is 0 Å². The van der Waals surface area contributed by atoms with Crippen LogP contribution < -0.4 is 16.1 Å². The Morgan fingerprint density at radius 3 is 2.00 bits per heavy atom. The number of pyridine rings is 1. The fraction of sp³-hybridized carbons (Fsp3) is 0.192. The molecule has 164 valence electrons. The number of nitrogens with one attached hydrogen (secondary N) is 2. The van der Waals surface area contributed by atoms with E-state index in [-0.39, 0.29) is 17.7 Å². The van der Waals surface area contributed by atoms with Crippen molar-refractivity contribution in [2.24, 2.45) is 0 Å². The molecule has 1 aromatic heterocycles. The van der Waals surface area contributed by atoms with Crippen LogP contribution in [0.25, 0.3) is 0 Å². The van der Waals surface area contributed by atoms with Gasteiger partial charge >= 0.3 is 0 Å². The van der Waals surface area contributed by atoms with Crippen LogP contribution in [-0.4, -0.2) is 29.5 Å². The van der Waals surface area contributed by atoms with E-state index in [2.05, 4.69) is 17.2 Å². The van der Waals surface area contributed by atoms with E-state index < -0.39 is 17.2 Å². The van der Waals surface area contributed by atoms with E-state index in [0.29, 0.717) is 13.1 Å². The van der Waals surface area contributed by atoms with Crippen molar-refractivity contribution in [2.75, 3.05) is 13.1 Å². The maximum atomic E-state index is 12.9. The van der Waals surface area contributed by atoms with Crippen LogP contribution in [0, 0.1) is 0 Å². The average Bonchev–Trinajstić information content (AvgIpc) is 2.82. The van der Waals surface area contributed by atoms with Gasteiger partial charge in [-0.2, -0.15) is 0 Å². The van der Waals surface area contributed by atoms with Crippen molar-refractivity contribution < 1.29 is 9.59 Å². The van der Waals surface area contributed by atoms with Crippen molar-refractivity contribution in [1.29, 1.82) is 0 Å². The van der Waals surface area contributed by atoms with E-state index in [9.17, 15) is 14.4 Å². The molecule has 0 unspecified atom stereocenters. The summed E-state index contributed by atoms with van der Waals surface area (Å²) in [7, 11) is 0. The third-order valence-electron chi connectivity index (χ3n) is 4.95. The molecular formula is C26H27N3O3. The summed E-state index contributed by atoms with van der Waals surface area (Å²) in [4.78, 5) is 38.2. The van der Waals surface area contributed by atoms with Gasteiger partial charge in [-0.25, -0.2) is 0 Å². The lowest BCUT2D eigenvalue weighted by molar-refractivity contribution is 0.0951. The molecule has 3 rings (SSSR count). The van der Waals surface area contributed by atoms with Crippen LogP contribution in [0.4, 0.5) is 0 Å². The second kappa shape index (κ2) is 11.5. The minimum absolute atomic E-state index is 0.0492. The van der Waals surface area contributed by atoms with Gasteiger partial charge in [0.25, 0.3) is 11.8 Å². The van der Waals surface area contributed by atoms with Gasteiger partial charge in [0.1, 0.15) is 11.1 Å². The van der Waals surface area contributed by atoms with Gasteiger partial charge in [0, 0.05) is 32.0 Å². The van der Waals surface area contributed by atoms with Gasteiger partial charge in [-0.15, -0.1) is 6.58 Å². The Morgan fingerprint density at radius 2 is 1.41 bits per heavy atom. The molecule has 0 radical (unpaired) electrons. The zero-order chi connectivity index (χ0) is 22.8. The summed E-state index contributed by atoms with van der Waals surface area (Å²) in [5, 5.41) is 5.43. The van der Waals surface area contributed by atoms with Gasteiger partial charge in [-0.1, -0.05) is 66.7 Å². The molecule has 0 spiro atoms. The topological polar surface area (TPSA) is 80.2 Å². The van der Waals surface area contributed by atoms with Crippen LogP contribution >= 0.6 is 0 Å². The van der Waals surface area contributed by atoms with Crippen molar-refractivity contribution >= 4 is 11.8 Å². The SMILES string of the molecule is C=CCNC(=O)c1cn(Cc2ccccc2)cc(C(=O)NCCCc2ccccc2)c1=O. The van der Waals surface area contributed by atoms with E-state index in [1.54, 1.807) is 4.57 Å². The second-order valence-corrected chi connectivity index (χ2v) is 7.42. The highest BCUT2D eigenvalue weighted by molar-refractivity contribution is 5.99. The van der Waals surface area contributed by atoms with Gasteiger partial charge in [0.2, 0.25) is 5.43 Å². The smallest absolute Gasteiger partial charge is 0.257 e. The highest BCUT2D eigenvalue weighted by Gasteiger charge is 2.19. The highest BCUT2D eigenvalue weighted by atomic mass is 16.2. The van der Waals surface area contributed by atoms with E-state index in [0.717, 1.165) is 18.4 Å². The highest BCUT2D eigenvalue weighted by Crippen LogP contribution is 2.06. The molecule has 0 aliphatic heterocycles. The number of rotatable bonds is 10. The number of benzene rings is 2. The number of nitrogens with zero attached hydrogens (tertiary/aromatic N) is 1. The Labute approximate surface area is 187 Å². The maximum Gasteiger partial charge on any atom is 0.257 e. The molecule has 2 N–H and O–H groups in total. The van der Waals surface area contributed by atoms with Gasteiger partial charge in [-0.3, -0.25) is 14.4 Å². The molecule has 1 heterocycles. The van der Waals surface area contributed by atoms with Crippen molar-refractivity contribution in [2.45, 2.75) is 19.4 Å². The molecule has 0 saturated heterocycles. The van der Waals surface area contributed by atoms with E-state index in [4.69, 9.17) is 0 Å². The Balaban J connectivity index is 1.78. The Kier molecular flexibility index (Phi) is 8.15. The molecule has 3 aromatic rings. The first kappa shape index (κ1) is 22.7. The number of aryl methyl sites for hydroxylation is 1. The molecule has 32 heavy (non-hydrogen) atoms. The van der Waals surface area contributed by atoms with Crippen molar-refractivity contribution in [3.8, 4) is 0 Å². The number of hydrogen-bond acceptors (Lipinski definition) is 3. The first-order chi connectivity index (χ1) is 15.6. The summed E-state index contributed by atoms with van der Waals surface area (Å²) >= 11 is 0. The third kappa shape index (κ3) is 6.28. The van der Waals surface area contributed by atoms with Crippen LogP contribution in [0.15, 0.2) is 90.5 Å². The van der Waals surface area contributed by atoms with E-state index in [1.807, 2.05) is 60.7 Å². The monoisotopic (exact) mass is 429 g/mol. The Morgan fingerprint density at radius 1 is 0.844 bits per heavy atom. The summed E-state index contributed by atoms with van der Waals surface area (Å²) in [5.41, 5.74) is 1.47. The third-order valence-corrected chi connectivity index (χ3v) is 4.95. The Bertz CT molecular complexity index is 1120. The normalized spacial score (nSPS) is 10.4. The summed E-state index contributed by atoms with van der Waals surface area (Å²) in [6, 6.07) is 19.6. The van der Waals surface area contributed by atoms with Gasteiger partial charge < -0.3 is 15.2 Å². The minimum Gasteiger partial charge on any atom is -0.352 e. The molecule has 0 bridgehead atoms. The van der Waals surface area contributed by atoms with E-state index >= 15 is 0 Å². The number of carbonyl (C=O) groups excluding carboxylic acids is 2. The molecule has 0 atom stereocenters. The summed E-state index contributed by atoms with van der Waals surface area (Å²) < 4.78 is 1.69. The molecule has 0 aliphatic carbocycles. The minimum atomic E-state index is -0.587. The van der Waals surface area contributed by atoms with Gasteiger partial charge in [0.05, 0.1) is 0 Å². The van der Waals surface area contributed by atoms with Crippen LogP contribution in [0.1, 0.15) is 38.3 Å². The second-order valence-electron chi connectivity index (χ2n) is 7.42. The fourth-order valence-corrected chi connectivity index (χ4v) is 3.33. The first-order valence-corrected chi connectivity index (χ1v) is 10.6. The molecule has 0 fully saturated rings. The zero-order valence-corrected chi connectivity index (χ0v) is 17.9.